The number of rotatable bonds is 2. The van der Waals surface area contributed by atoms with E-state index in [4.69, 9.17) is 0 Å². The van der Waals surface area contributed by atoms with Crippen molar-refractivity contribution in [2.75, 3.05) is 0 Å². The summed E-state index contributed by atoms with van der Waals surface area (Å²) in [6, 6.07) is 1.98. The Kier molecular flexibility index (Phi) is 2.59. The van der Waals surface area contributed by atoms with Crippen LogP contribution < -0.4 is 4.90 Å². The predicted molar refractivity (Wildman–Crippen MR) is 67.9 cm³/mol. The van der Waals surface area contributed by atoms with Crippen LogP contribution in [-0.2, 0) is 0 Å². The summed E-state index contributed by atoms with van der Waals surface area (Å²) in [5.74, 6) is 0. The van der Waals surface area contributed by atoms with Crippen LogP contribution in [0.3, 0.4) is 0 Å². The number of hydrogen-bond donors (Lipinski definition) is 0. The van der Waals surface area contributed by atoms with Crippen LogP contribution >= 0.6 is 11.3 Å². The van der Waals surface area contributed by atoms with Crippen LogP contribution in [0.15, 0.2) is 16.1 Å². The van der Waals surface area contributed by atoms with E-state index in [1.54, 1.807) is 11.6 Å². The SMILES string of the molecule is Cc1cc(C)n(-c2nc(-c3no[n+]([O-])c3C)cs2)n1. The Morgan fingerprint density at radius 1 is 1.37 bits per heavy atom. The minimum absolute atomic E-state index is 0.373. The summed E-state index contributed by atoms with van der Waals surface area (Å²) in [7, 11) is 0. The second-order valence-electron chi connectivity index (χ2n) is 4.22. The van der Waals surface area contributed by atoms with Gasteiger partial charge in [-0.2, -0.15) is 5.10 Å². The van der Waals surface area contributed by atoms with E-state index in [2.05, 4.69) is 19.9 Å². The molecular formula is C11H11N5O2S. The van der Waals surface area contributed by atoms with Crippen molar-refractivity contribution >= 4 is 11.3 Å². The van der Waals surface area contributed by atoms with Gasteiger partial charge < -0.3 is 5.21 Å². The summed E-state index contributed by atoms with van der Waals surface area (Å²) in [5.41, 5.74) is 3.41. The largest absolute Gasteiger partial charge is 0.359 e. The normalized spacial score (nSPS) is 11.1. The summed E-state index contributed by atoms with van der Waals surface area (Å²) < 4.78 is 6.31. The van der Waals surface area contributed by atoms with Crippen molar-refractivity contribution in [1.29, 1.82) is 0 Å². The van der Waals surface area contributed by atoms with Crippen molar-refractivity contribution < 1.29 is 9.53 Å². The van der Waals surface area contributed by atoms with Crippen LogP contribution in [0.1, 0.15) is 17.1 Å². The second-order valence-corrected chi connectivity index (χ2v) is 5.05. The van der Waals surface area contributed by atoms with Crippen LogP contribution in [0.2, 0.25) is 0 Å². The summed E-state index contributed by atoms with van der Waals surface area (Å²) >= 11 is 1.44. The molecule has 0 unspecified atom stereocenters. The first-order valence-electron chi connectivity index (χ1n) is 5.62. The molecule has 0 aliphatic rings. The van der Waals surface area contributed by atoms with Gasteiger partial charge in [-0.05, 0) is 24.8 Å². The molecule has 3 heterocycles. The predicted octanol–water partition coefficient (Wildman–Crippen LogP) is 1.54. The van der Waals surface area contributed by atoms with E-state index >= 15 is 0 Å². The Morgan fingerprint density at radius 2 is 2.16 bits per heavy atom. The van der Waals surface area contributed by atoms with Crippen LogP contribution in [0.4, 0.5) is 0 Å². The summed E-state index contributed by atoms with van der Waals surface area (Å²) in [4.78, 5) is 4.82. The number of nitrogens with zero attached hydrogens (tertiary/aromatic N) is 5. The third-order valence-corrected chi connectivity index (χ3v) is 3.56. The van der Waals surface area contributed by atoms with Gasteiger partial charge in [0.1, 0.15) is 5.69 Å². The van der Waals surface area contributed by atoms with Gasteiger partial charge in [0.15, 0.2) is 0 Å². The molecule has 0 N–H and O–H groups in total. The van der Waals surface area contributed by atoms with Gasteiger partial charge in [0, 0.05) is 23.2 Å². The zero-order valence-corrected chi connectivity index (χ0v) is 11.4. The van der Waals surface area contributed by atoms with E-state index in [9.17, 15) is 5.21 Å². The van der Waals surface area contributed by atoms with Gasteiger partial charge >= 0.3 is 0 Å². The second kappa shape index (κ2) is 4.16. The van der Waals surface area contributed by atoms with Crippen LogP contribution in [0, 0.1) is 26.0 Å². The Morgan fingerprint density at radius 3 is 2.74 bits per heavy atom. The highest BCUT2D eigenvalue weighted by atomic mass is 32.1. The fourth-order valence-corrected chi connectivity index (χ4v) is 2.63. The lowest BCUT2D eigenvalue weighted by Gasteiger charge is -1.96. The summed E-state index contributed by atoms with van der Waals surface area (Å²) in [6.07, 6.45) is 0. The fourth-order valence-electron chi connectivity index (χ4n) is 1.82. The van der Waals surface area contributed by atoms with Gasteiger partial charge in [-0.15, -0.1) is 11.3 Å². The minimum Gasteiger partial charge on any atom is -0.359 e. The lowest BCUT2D eigenvalue weighted by atomic mass is 10.3. The summed E-state index contributed by atoms with van der Waals surface area (Å²) in [5, 5.41) is 21.8. The molecule has 3 rings (SSSR count). The van der Waals surface area contributed by atoms with Crippen molar-refractivity contribution in [2.24, 2.45) is 0 Å². The molecule has 0 saturated heterocycles. The lowest BCUT2D eigenvalue weighted by molar-refractivity contribution is -0.806. The van der Waals surface area contributed by atoms with Crippen molar-refractivity contribution in [3.63, 3.8) is 0 Å². The number of aryl methyl sites for hydroxylation is 2. The zero-order chi connectivity index (χ0) is 13.6. The maximum absolute atomic E-state index is 11.2. The Labute approximate surface area is 112 Å². The molecule has 0 aromatic carbocycles. The molecular weight excluding hydrogens is 266 g/mol. The Bertz CT molecular complexity index is 726. The smallest absolute Gasteiger partial charge is 0.270 e. The third kappa shape index (κ3) is 1.89. The average molecular weight is 277 g/mol. The van der Waals surface area contributed by atoms with Gasteiger partial charge in [-0.1, -0.05) is 0 Å². The van der Waals surface area contributed by atoms with E-state index in [1.807, 2.05) is 25.3 Å². The van der Waals surface area contributed by atoms with Gasteiger partial charge in [0.25, 0.3) is 5.69 Å². The zero-order valence-electron chi connectivity index (χ0n) is 10.6. The Balaban J connectivity index is 2.04. The highest BCUT2D eigenvalue weighted by Gasteiger charge is 2.20. The first-order chi connectivity index (χ1) is 9.06. The van der Waals surface area contributed by atoms with Crippen LogP contribution in [0.5, 0.6) is 0 Å². The standard InChI is InChI=1S/C11H11N5O2S/c1-6-4-7(2)15(13-6)11-12-9(5-19-11)10-8(3)16(17)18-14-10/h4-5H,1-3H3. The number of thiazole rings is 1. The van der Waals surface area contributed by atoms with Gasteiger partial charge in [0.2, 0.25) is 10.8 Å². The molecule has 0 fully saturated rings. The molecule has 0 radical (unpaired) electrons. The molecule has 0 aliphatic heterocycles. The summed E-state index contributed by atoms with van der Waals surface area (Å²) in [6.45, 7) is 5.54. The molecule has 19 heavy (non-hydrogen) atoms. The molecule has 3 aromatic rings. The molecule has 98 valence electrons. The van der Waals surface area contributed by atoms with E-state index in [1.165, 1.54) is 11.3 Å². The Hall–Kier alpha value is -2.22. The third-order valence-electron chi connectivity index (χ3n) is 2.75. The van der Waals surface area contributed by atoms with Gasteiger partial charge in [0.05, 0.1) is 5.69 Å². The maximum atomic E-state index is 11.2. The topological polar surface area (TPSA) is 83.7 Å². The molecule has 0 saturated carbocycles. The number of aromatic nitrogens is 5. The van der Waals surface area contributed by atoms with Crippen molar-refractivity contribution in [3.8, 4) is 16.5 Å². The first-order valence-corrected chi connectivity index (χ1v) is 6.50. The fraction of sp³-hybridized carbons (Fsp3) is 0.273. The van der Waals surface area contributed by atoms with E-state index in [-0.39, 0.29) is 0 Å². The van der Waals surface area contributed by atoms with E-state index in [0.29, 0.717) is 22.0 Å². The van der Waals surface area contributed by atoms with Crippen molar-refractivity contribution in [2.45, 2.75) is 20.8 Å². The van der Waals surface area contributed by atoms with Crippen molar-refractivity contribution in [1.82, 2.24) is 19.9 Å². The molecule has 0 bridgehead atoms. The van der Waals surface area contributed by atoms with Crippen LogP contribution in [-0.4, -0.2) is 19.9 Å². The lowest BCUT2D eigenvalue weighted by Crippen LogP contribution is -2.25. The number of hydrogen-bond acceptors (Lipinski definition) is 6. The van der Waals surface area contributed by atoms with E-state index < -0.39 is 0 Å². The molecule has 0 atom stereocenters. The molecule has 3 aromatic heterocycles. The van der Waals surface area contributed by atoms with Gasteiger partial charge in [-0.3, -0.25) is 4.63 Å². The highest BCUT2D eigenvalue weighted by molar-refractivity contribution is 7.12. The van der Waals surface area contributed by atoms with Gasteiger partial charge in [-0.25, -0.2) is 9.67 Å². The maximum Gasteiger partial charge on any atom is 0.270 e. The minimum atomic E-state index is 0.373. The molecule has 0 spiro atoms. The van der Waals surface area contributed by atoms with E-state index in [0.717, 1.165) is 16.5 Å². The molecule has 7 nitrogen and oxygen atoms in total. The molecule has 0 aliphatic carbocycles. The molecule has 8 heteroatoms. The first kappa shape index (κ1) is 11.8. The molecule has 0 amide bonds. The quantitative estimate of drug-likeness (QED) is 0.663. The highest BCUT2D eigenvalue weighted by Crippen LogP contribution is 2.24. The van der Waals surface area contributed by atoms with Crippen molar-refractivity contribution in [3.05, 3.63) is 33.7 Å². The monoisotopic (exact) mass is 277 g/mol. The average Bonchev–Trinajstić information content (AvgIpc) is 3.02. The van der Waals surface area contributed by atoms with Crippen LogP contribution in [0.25, 0.3) is 16.5 Å².